The lowest BCUT2D eigenvalue weighted by molar-refractivity contribution is 1.09. The zero-order valence-electron chi connectivity index (χ0n) is 11.7. The molecule has 2 N–H and O–H groups in total. The van der Waals surface area contributed by atoms with E-state index in [-0.39, 0.29) is 0 Å². The smallest absolute Gasteiger partial charge is 0.104 e. The maximum Gasteiger partial charge on any atom is 0.104 e. The van der Waals surface area contributed by atoms with E-state index in [0.717, 1.165) is 25.5 Å². The fraction of sp³-hybridized carbons (Fsp3) is 0. The zero-order chi connectivity index (χ0) is 16.2. The van der Waals surface area contributed by atoms with Crippen molar-refractivity contribution >= 4 is 44.4 Å². The van der Waals surface area contributed by atoms with E-state index in [0.29, 0.717) is 11.1 Å². The molecule has 0 unspecified atom stereocenters. The van der Waals surface area contributed by atoms with Gasteiger partial charge >= 0.3 is 0 Å². The third-order valence-corrected chi connectivity index (χ3v) is 4.03. The molecular weight excluding hydrogens is 403 g/mol. The highest BCUT2D eigenvalue weighted by atomic mass is 127. The molecule has 0 radical (unpaired) electrons. The number of benzene rings is 2. The van der Waals surface area contributed by atoms with Crippen molar-refractivity contribution in [1.82, 2.24) is 20.4 Å². The molecule has 4 aromatic rings. The average Bonchev–Trinajstić information content (AvgIpc) is 3.21. The van der Waals surface area contributed by atoms with E-state index in [1.54, 1.807) is 24.4 Å². The van der Waals surface area contributed by atoms with Crippen LogP contribution in [0.3, 0.4) is 0 Å². The number of aromatic amines is 2. The molecule has 0 amide bonds. The highest BCUT2D eigenvalue weighted by molar-refractivity contribution is 14.1. The van der Waals surface area contributed by atoms with Gasteiger partial charge in [0.05, 0.1) is 40.5 Å². The molecule has 0 fully saturated rings. The van der Waals surface area contributed by atoms with E-state index in [2.05, 4.69) is 55.1 Å². The molecule has 4 rings (SSSR count). The van der Waals surface area contributed by atoms with Gasteiger partial charge in [-0.05, 0) is 59.0 Å². The van der Waals surface area contributed by atoms with E-state index in [4.69, 9.17) is 10.5 Å². The molecule has 23 heavy (non-hydrogen) atoms. The van der Waals surface area contributed by atoms with Crippen molar-refractivity contribution in [1.29, 1.82) is 10.5 Å². The summed E-state index contributed by atoms with van der Waals surface area (Å²) in [5, 5.41) is 32.7. The molecule has 2 aromatic carbocycles. The van der Waals surface area contributed by atoms with Crippen LogP contribution in [0, 0.1) is 26.4 Å². The summed E-state index contributed by atoms with van der Waals surface area (Å²) in [4.78, 5) is 0. The molecule has 0 aliphatic rings. The number of nitrogens with zero attached hydrogens (tertiary/aromatic N) is 4. The summed E-state index contributed by atoms with van der Waals surface area (Å²) in [5.41, 5.74) is 3.20. The summed E-state index contributed by atoms with van der Waals surface area (Å²) >= 11 is 2.16. The van der Waals surface area contributed by atoms with E-state index in [1.165, 1.54) is 0 Å². The molecule has 0 aliphatic carbocycles. The normalized spacial score (nSPS) is 9.87. The second-order valence-electron chi connectivity index (χ2n) is 4.67. The van der Waals surface area contributed by atoms with Crippen LogP contribution in [0.15, 0.2) is 42.6 Å². The molecule has 0 bridgehead atoms. The Morgan fingerprint density at radius 3 is 2.48 bits per heavy atom. The largest absolute Gasteiger partial charge is 0.278 e. The Bertz CT molecular complexity index is 1060. The molecule has 0 saturated heterocycles. The second-order valence-corrected chi connectivity index (χ2v) is 5.74. The molecule has 110 valence electrons. The number of fused-ring (bicyclic) bond motifs is 2. The number of hydrogen-bond donors (Lipinski definition) is 2. The number of aromatic nitrogens is 4. The fourth-order valence-electron chi connectivity index (χ4n) is 2.06. The van der Waals surface area contributed by atoms with Crippen molar-refractivity contribution in [2.75, 3.05) is 0 Å². The van der Waals surface area contributed by atoms with E-state index in [1.807, 2.05) is 18.2 Å². The minimum absolute atomic E-state index is 0.666. The van der Waals surface area contributed by atoms with Crippen LogP contribution in [0.5, 0.6) is 0 Å². The molecule has 2 aromatic heterocycles. The van der Waals surface area contributed by atoms with E-state index < -0.39 is 0 Å². The van der Waals surface area contributed by atoms with Gasteiger partial charge in [0.1, 0.15) is 3.70 Å². The second kappa shape index (κ2) is 6.46. The topological polar surface area (TPSA) is 105 Å². The SMILES string of the molecule is N#Cc1ccc2[nH]ncc2c1.N#Cc1ccc2n[nH]c(I)c2c1. The molecule has 0 saturated carbocycles. The van der Waals surface area contributed by atoms with Gasteiger partial charge in [-0.3, -0.25) is 10.2 Å². The first-order chi connectivity index (χ1) is 11.2. The summed E-state index contributed by atoms with van der Waals surface area (Å²) in [5.74, 6) is 0. The summed E-state index contributed by atoms with van der Waals surface area (Å²) in [6.45, 7) is 0. The van der Waals surface area contributed by atoms with Gasteiger partial charge in [0.2, 0.25) is 0 Å². The van der Waals surface area contributed by atoms with Gasteiger partial charge in [0.25, 0.3) is 0 Å². The minimum atomic E-state index is 0.666. The van der Waals surface area contributed by atoms with Crippen LogP contribution in [0.25, 0.3) is 21.8 Å². The van der Waals surface area contributed by atoms with Crippen molar-refractivity contribution in [3.63, 3.8) is 0 Å². The van der Waals surface area contributed by atoms with Crippen LogP contribution in [0.1, 0.15) is 11.1 Å². The summed E-state index contributed by atoms with van der Waals surface area (Å²) in [7, 11) is 0. The van der Waals surface area contributed by atoms with Crippen molar-refractivity contribution < 1.29 is 0 Å². The Hall–Kier alpha value is -2.91. The Labute approximate surface area is 144 Å². The van der Waals surface area contributed by atoms with Crippen molar-refractivity contribution in [2.45, 2.75) is 0 Å². The van der Waals surface area contributed by atoms with Crippen LogP contribution < -0.4 is 0 Å². The number of rotatable bonds is 0. The first kappa shape index (κ1) is 15.0. The van der Waals surface area contributed by atoms with Gasteiger partial charge in [-0.1, -0.05) is 0 Å². The Morgan fingerprint density at radius 2 is 1.70 bits per heavy atom. The van der Waals surface area contributed by atoms with Gasteiger partial charge in [-0.15, -0.1) is 0 Å². The molecular formula is C16H9IN6. The molecule has 0 atom stereocenters. The first-order valence-corrected chi connectivity index (χ1v) is 7.66. The lowest BCUT2D eigenvalue weighted by Gasteiger charge is -1.88. The molecule has 7 heteroatoms. The predicted octanol–water partition coefficient (Wildman–Crippen LogP) is 3.47. The Morgan fingerprint density at radius 1 is 0.957 bits per heavy atom. The van der Waals surface area contributed by atoms with Gasteiger partial charge in [0, 0.05) is 10.8 Å². The van der Waals surface area contributed by atoms with E-state index >= 15 is 0 Å². The first-order valence-electron chi connectivity index (χ1n) is 6.58. The molecule has 2 heterocycles. The van der Waals surface area contributed by atoms with Crippen molar-refractivity contribution in [2.24, 2.45) is 0 Å². The van der Waals surface area contributed by atoms with Crippen LogP contribution in [0.2, 0.25) is 0 Å². The average molecular weight is 412 g/mol. The van der Waals surface area contributed by atoms with Crippen molar-refractivity contribution in [3.05, 3.63) is 57.4 Å². The lowest BCUT2D eigenvalue weighted by Crippen LogP contribution is -1.73. The summed E-state index contributed by atoms with van der Waals surface area (Å²) in [6, 6.07) is 15.0. The van der Waals surface area contributed by atoms with Crippen LogP contribution >= 0.6 is 22.6 Å². The summed E-state index contributed by atoms with van der Waals surface area (Å²) in [6.07, 6.45) is 1.70. The number of nitriles is 2. The standard InChI is InChI=1S/C8H4IN3.C8H5N3/c9-8-6-3-5(4-10)1-2-7(6)11-12-8;9-4-6-1-2-8-7(3-6)5-10-11-8/h1-3H,(H,11,12);1-3,5H,(H,10,11). The van der Waals surface area contributed by atoms with Crippen LogP contribution in [-0.4, -0.2) is 20.4 Å². The highest BCUT2D eigenvalue weighted by Gasteiger charge is 2.02. The fourth-order valence-corrected chi connectivity index (χ4v) is 2.61. The maximum absolute atomic E-state index is 8.64. The molecule has 0 spiro atoms. The molecule has 6 nitrogen and oxygen atoms in total. The van der Waals surface area contributed by atoms with Gasteiger partial charge in [-0.25, -0.2) is 0 Å². The predicted molar refractivity (Wildman–Crippen MR) is 94.3 cm³/mol. The Kier molecular flexibility index (Phi) is 4.22. The quantitative estimate of drug-likeness (QED) is 0.432. The van der Waals surface area contributed by atoms with Crippen LogP contribution in [0.4, 0.5) is 0 Å². The van der Waals surface area contributed by atoms with Crippen LogP contribution in [-0.2, 0) is 0 Å². The van der Waals surface area contributed by atoms with E-state index in [9.17, 15) is 0 Å². The number of hydrogen-bond acceptors (Lipinski definition) is 4. The number of H-pyrrole nitrogens is 2. The Balaban J connectivity index is 0.000000136. The van der Waals surface area contributed by atoms with Gasteiger partial charge in [-0.2, -0.15) is 20.7 Å². The van der Waals surface area contributed by atoms with Gasteiger partial charge < -0.3 is 0 Å². The van der Waals surface area contributed by atoms with Crippen molar-refractivity contribution in [3.8, 4) is 12.1 Å². The minimum Gasteiger partial charge on any atom is -0.278 e. The third-order valence-electron chi connectivity index (χ3n) is 3.21. The monoisotopic (exact) mass is 412 g/mol. The maximum atomic E-state index is 8.64. The lowest BCUT2D eigenvalue weighted by atomic mass is 10.2. The molecule has 0 aliphatic heterocycles. The highest BCUT2D eigenvalue weighted by Crippen LogP contribution is 2.18. The number of halogens is 1. The van der Waals surface area contributed by atoms with Gasteiger partial charge in [0.15, 0.2) is 0 Å². The zero-order valence-corrected chi connectivity index (χ0v) is 13.9. The third kappa shape index (κ3) is 3.15. The number of nitrogens with one attached hydrogen (secondary N) is 2. The summed E-state index contributed by atoms with van der Waals surface area (Å²) < 4.78 is 0.972.